The van der Waals surface area contributed by atoms with Gasteiger partial charge in [0, 0.05) is 12.1 Å². The van der Waals surface area contributed by atoms with Gasteiger partial charge < -0.3 is 9.30 Å². The van der Waals surface area contributed by atoms with Crippen LogP contribution in [0.4, 0.5) is 0 Å². The lowest BCUT2D eigenvalue weighted by Gasteiger charge is -2.10. The Kier molecular flexibility index (Phi) is 4.52. The zero-order valence-corrected chi connectivity index (χ0v) is 13.0. The van der Waals surface area contributed by atoms with Gasteiger partial charge >= 0.3 is 5.97 Å². The first-order valence-corrected chi connectivity index (χ1v) is 7.52. The minimum Gasteiger partial charge on any atom is -0.464 e. The number of aryl methyl sites for hydroxylation is 2. The number of ether oxygens (including phenoxy) is 1. The molecule has 0 amide bonds. The normalized spacial score (nSPS) is 10.5. The quantitative estimate of drug-likeness (QED) is 0.677. The molecule has 3 rings (SSSR count). The van der Waals surface area contributed by atoms with Crippen LogP contribution in [0.15, 0.2) is 67.0 Å². The lowest BCUT2D eigenvalue weighted by molar-refractivity contribution is 0.0595. The predicted octanol–water partition coefficient (Wildman–Crippen LogP) is 3.58. The van der Waals surface area contributed by atoms with Crippen LogP contribution in [-0.2, 0) is 17.7 Å². The van der Waals surface area contributed by atoms with Gasteiger partial charge in [0.15, 0.2) is 5.69 Å². The molecule has 0 unspecified atom stereocenters. The number of nitrogens with zero attached hydrogens (tertiary/aromatic N) is 2. The number of imidazole rings is 1. The molecule has 0 atom stereocenters. The summed E-state index contributed by atoms with van der Waals surface area (Å²) in [5, 5.41) is 0. The topological polar surface area (TPSA) is 44.1 Å². The average Bonchev–Trinajstić information content (AvgIpc) is 3.05. The molecular formula is C19H18N2O2. The molecule has 0 bridgehead atoms. The fraction of sp³-hybridized carbons (Fsp3) is 0.158. The number of esters is 1. The second-order valence-corrected chi connectivity index (χ2v) is 5.23. The molecule has 0 N–H and O–H groups in total. The van der Waals surface area contributed by atoms with Gasteiger partial charge in [-0.3, -0.25) is 0 Å². The Balaban J connectivity index is 1.94. The molecule has 1 aromatic heterocycles. The van der Waals surface area contributed by atoms with Crippen LogP contribution in [0.1, 0.15) is 16.1 Å². The van der Waals surface area contributed by atoms with E-state index in [2.05, 4.69) is 17.1 Å². The van der Waals surface area contributed by atoms with E-state index in [0.29, 0.717) is 5.69 Å². The van der Waals surface area contributed by atoms with Gasteiger partial charge in [-0.2, -0.15) is 0 Å². The van der Waals surface area contributed by atoms with Crippen LogP contribution in [0.25, 0.3) is 11.3 Å². The number of hydrogen-bond acceptors (Lipinski definition) is 3. The van der Waals surface area contributed by atoms with Crippen LogP contribution >= 0.6 is 0 Å². The highest BCUT2D eigenvalue weighted by Gasteiger charge is 2.19. The fourth-order valence-corrected chi connectivity index (χ4v) is 2.59. The molecule has 0 saturated carbocycles. The summed E-state index contributed by atoms with van der Waals surface area (Å²) < 4.78 is 6.87. The first kappa shape index (κ1) is 15.0. The first-order chi connectivity index (χ1) is 11.3. The van der Waals surface area contributed by atoms with Crippen molar-refractivity contribution in [2.45, 2.75) is 13.0 Å². The van der Waals surface area contributed by atoms with Crippen molar-refractivity contribution in [2.75, 3.05) is 7.11 Å². The highest BCUT2D eigenvalue weighted by atomic mass is 16.5. The van der Waals surface area contributed by atoms with Crippen LogP contribution < -0.4 is 0 Å². The second kappa shape index (κ2) is 6.92. The maximum atomic E-state index is 12.0. The summed E-state index contributed by atoms with van der Waals surface area (Å²) >= 11 is 0. The summed E-state index contributed by atoms with van der Waals surface area (Å²) in [5.41, 5.74) is 3.36. The van der Waals surface area contributed by atoms with Crippen LogP contribution in [0.2, 0.25) is 0 Å². The van der Waals surface area contributed by atoms with Gasteiger partial charge in [0.05, 0.1) is 19.1 Å². The van der Waals surface area contributed by atoms with Crippen LogP contribution in [0, 0.1) is 0 Å². The third kappa shape index (κ3) is 3.31. The lowest BCUT2D eigenvalue weighted by Crippen LogP contribution is -2.07. The highest BCUT2D eigenvalue weighted by Crippen LogP contribution is 2.24. The van der Waals surface area contributed by atoms with Gasteiger partial charge in [-0.05, 0) is 12.0 Å². The molecule has 116 valence electrons. The molecule has 0 saturated heterocycles. The number of rotatable bonds is 5. The molecule has 4 nitrogen and oxygen atoms in total. The van der Waals surface area contributed by atoms with Gasteiger partial charge in [0.1, 0.15) is 0 Å². The minimum atomic E-state index is -0.415. The molecule has 0 aliphatic heterocycles. The van der Waals surface area contributed by atoms with Crippen molar-refractivity contribution in [1.82, 2.24) is 9.55 Å². The number of carbonyl (C=O) groups excluding carboxylic acids is 1. The summed E-state index contributed by atoms with van der Waals surface area (Å²) in [6, 6.07) is 20.1. The maximum Gasteiger partial charge on any atom is 0.358 e. The van der Waals surface area contributed by atoms with Crippen molar-refractivity contribution < 1.29 is 9.53 Å². The van der Waals surface area contributed by atoms with E-state index in [-0.39, 0.29) is 0 Å². The molecule has 0 radical (unpaired) electrons. The van der Waals surface area contributed by atoms with Crippen molar-refractivity contribution in [1.29, 1.82) is 0 Å². The maximum absolute atomic E-state index is 12.0. The van der Waals surface area contributed by atoms with E-state index in [1.807, 2.05) is 53.1 Å². The molecule has 0 fully saturated rings. The van der Waals surface area contributed by atoms with E-state index in [4.69, 9.17) is 4.74 Å². The summed E-state index contributed by atoms with van der Waals surface area (Å²) in [6.45, 7) is 0.748. The second-order valence-electron chi connectivity index (χ2n) is 5.23. The van der Waals surface area contributed by atoms with Gasteiger partial charge in [-0.25, -0.2) is 9.78 Å². The fourth-order valence-electron chi connectivity index (χ4n) is 2.59. The molecule has 23 heavy (non-hydrogen) atoms. The highest BCUT2D eigenvalue weighted by molar-refractivity contribution is 5.94. The standard InChI is InChI=1S/C19H18N2O2/c1-23-19(22)17-18(16-10-6-3-7-11-16)21(14-20-17)13-12-15-8-4-2-5-9-15/h2-11,14H,12-13H2,1H3. The van der Waals surface area contributed by atoms with Crippen LogP contribution in [0.5, 0.6) is 0 Å². The van der Waals surface area contributed by atoms with Gasteiger partial charge in [0.2, 0.25) is 0 Å². The van der Waals surface area contributed by atoms with E-state index < -0.39 is 5.97 Å². The largest absolute Gasteiger partial charge is 0.464 e. The zero-order valence-electron chi connectivity index (χ0n) is 13.0. The lowest BCUT2D eigenvalue weighted by atomic mass is 10.1. The van der Waals surface area contributed by atoms with E-state index in [9.17, 15) is 4.79 Å². The van der Waals surface area contributed by atoms with Gasteiger partial charge in [-0.1, -0.05) is 60.7 Å². The number of carbonyl (C=O) groups is 1. The van der Waals surface area contributed by atoms with Gasteiger partial charge in [0.25, 0.3) is 0 Å². The van der Waals surface area contributed by atoms with E-state index >= 15 is 0 Å². The Bertz CT molecular complexity index is 780. The summed E-state index contributed by atoms with van der Waals surface area (Å²) in [6.07, 6.45) is 2.58. The van der Waals surface area contributed by atoms with Crippen molar-refractivity contribution in [3.05, 3.63) is 78.2 Å². The summed E-state index contributed by atoms with van der Waals surface area (Å²) in [7, 11) is 1.38. The van der Waals surface area contributed by atoms with E-state index in [1.165, 1.54) is 12.7 Å². The average molecular weight is 306 g/mol. The SMILES string of the molecule is COC(=O)c1ncn(CCc2ccccc2)c1-c1ccccc1. The first-order valence-electron chi connectivity index (χ1n) is 7.52. The molecule has 3 aromatic rings. The van der Waals surface area contributed by atoms with E-state index in [0.717, 1.165) is 24.2 Å². The number of hydrogen-bond donors (Lipinski definition) is 0. The molecule has 1 heterocycles. The Hall–Kier alpha value is -2.88. The third-order valence-corrected chi connectivity index (χ3v) is 3.75. The minimum absolute atomic E-state index is 0.353. The Morgan fingerprint density at radius 2 is 1.70 bits per heavy atom. The smallest absolute Gasteiger partial charge is 0.358 e. The van der Waals surface area contributed by atoms with Crippen LogP contribution in [-0.4, -0.2) is 22.6 Å². The third-order valence-electron chi connectivity index (χ3n) is 3.75. The molecule has 2 aromatic carbocycles. The van der Waals surface area contributed by atoms with Crippen molar-refractivity contribution in [3.8, 4) is 11.3 Å². The van der Waals surface area contributed by atoms with Crippen molar-refractivity contribution in [2.24, 2.45) is 0 Å². The van der Waals surface area contributed by atoms with Crippen molar-refractivity contribution >= 4 is 5.97 Å². The summed E-state index contributed by atoms with van der Waals surface area (Å²) in [4.78, 5) is 16.3. The number of methoxy groups -OCH3 is 1. The van der Waals surface area contributed by atoms with Gasteiger partial charge in [-0.15, -0.1) is 0 Å². The Labute approximate surface area is 135 Å². The van der Waals surface area contributed by atoms with E-state index in [1.54, 1.807) is 6.33 Å². The zero-order chi connectivity index (χ0) is 16.1. The Morgan fingerprint density at radius 3 is 2.35 bits per heavy atom. The Morgan fingerprint density at radius 1 is 1.04 bits per heavy atom. The van der Waals surface area contributed by atoms with Crippen LogP contribution in [0.3, 0.4) is 0 Å². The molecular weight excluding hydrogens is 288 g/mol. The molecule has 0 spiro atoms. The molecule has 0 aliphatic carbocycles. The number of benzene rings is 2. The number of aromatic nitrogens is 2. The molecule has 4 heteroatoms. The molecule has 0 aliphatic rings. The van der Waals surface area contributed by atoms with Crippen molar-refractivity contribution in [3.63, 3.8) is 0 Å². The predicted molar refractivity (Wildman–Crippen MR) is 89.1 cm³/mol. The summed E-state index contributed by atoms with van der Waals surface area (Å²) in [5.74, 6) is -0.415. The monoisotopic (exact) mass is 306 g/mol.